The third kappa shape index (κ3) is 4.47. The van der Waals surface area contributed by atoms with Gasteiger partial charge in [-0.25, -0.2) is 8.42 Å². The zero-order valence-corrected chi connectivity index (χ0v) is 15.4. The lowest BCUT2D eigenvalue weighted by Gasteiger charge is -2.15. The van der Waals surface area contributed by atoms with Crippen LogP contribution in [0.2, 0.25) is 0 Å². The average molecular weight is 373 g/mol. The molecule has 2 heterocycles. The maximum atomic E-state index is 12.5. The SMILES string of the molecule is O=C(NCCCc1ccccn1)c1ccc(S(=O)(=O)N2CCCC2)cc1. The first-order valence-electron chi connectivity index (χ1n) is 8.86. The molecule has 1 N–H and O–H groups in total. The lowest BCUT2D eigenvalue weighted by molar-refractivity contribution is 0.0953. The van der Waals surface area contributed by atoms with Gasteiger partial charge in [0.25, 0.3) is 5.91 Å². The lowest BCUT2D eigenvalue weighted by atomic mass is 10.2. The molecular formula is C19H23N3O3S. The van der Waals surface area contributed by atoms with Crippen LogP contribution in [-0.4, -0.2) is 43.2 Å². The van der Waals surface area contributed by atoms with Crippen LogP contribution in [0, 0.1) is 0 Å². The largest absolute Gasteiger partial charge is 0.352 e. The minimum absolute atomic E-state index is 0.198. The molecule has 0 radical (unpaired) electrons. The van der Waals surface area contributed by atoms with Gasteiger partial charge in [0.15, 0.2) is 0 Å². The van der Waals surface area contributed by atoms with Crippen LogP contribution in [0.4, 0.5) is 0 Å². The van der Waals surface area contributed by atoms with Crippen molar-refractivity contribution in [3.63, 3.8) is 0 Å². The van der Waals surface area contributed by atoms with Gasteiger partial charge in [-0.05, 0) is 62.1 Å². The zero-order chi connectivity index (χ0) is 18.4. The van der Waals surface area contributed by atoms with Crippen molar-refractivity contribution in [2.45, 2.75) is 30.6 Å². The maximum Gasteiger partial charge on any atom is 0.251 e. The summed E-state index contributed by atoms with van der Waals surface area (Å²) in [6, 6.07) is 11.9. The van der Waals surface area contributed by atoms with Gasteiger partial charge in [0.05, 0.1) is 4.90 Å². The number of carbonyl (C=O) groups is 1. The number of sulfonamides is 1. The Bertz CT molecular complexity index is 830. The predicted octanol–water partition coefficient (Wildman–Crippen LogP) is 2.23. The predicted molar refractivity (Wildman–Crippen MR) is 99.3 cm³/mol. The van der Waals surface area contributed by atoms with E-state index in [1.165, 1.54) is 16.4 Å². The quantitative estimate of drug-likeness (QED) is 0.755. The van der Waals surface area contributed by atoms with Crippen LogP contribution in [0.15, 0.2) is 53.6 Å². The van der Waals surface area contributed by atoms with Crippen molar-refractivity contribution in [3.05, 3.63) is 59.9 Å². The van der Waals surface area contributed by atoms with E-state index < -0.39 is 10.0 Å². The number of benzene rings is 1. The van der Waals surface area contributed by atoms with Crippen LogP contribution in [-0.2, 0) is 16.4 Å². The Morgan fingerprint density at radius 3 is 2.46 bits per heavy atom. The van der Waals surface area contributed by atoms with E-state index in [9.17, 15) is 13.2 Å². The van der Waals surface area contributed by atoms with Crippen molar-refractivity contribution in [1.82, 2.24) is 14.6 Å². The number of amides is 1. The third-order valence-corrected chi connectivity index (χ3v) is 6.35. The summed E-state index contributed by atoms with van der Waals surface area (Å²) in [4.78, 5) is 16.7. The first kappa shape index (κ1) is 18.5. The first-order valence-corrected chi connectivity index (χ1v) is 10.3. The molecule has 1 aliphatic rings. The third-order valence-electron chi connectivity index (χ3n) is 4.44. The molecular weight excluding hydrogens is 350 g/mol. The van der Waals surface area contributed by atoms with Gasteiger partial charge in [0.1, 0.15) is 0 Å². The molecule has 0 atom stereocenters. The van der Waals surface area contributed by atoms with E-state index in [0.717, 1.165) is 31.4 Å². The van der Waals surface area contributed by atoms with Crippen LogP contribution >= 0.6 is 0 Å². The fourth-order valence-corrected chi connectivity index (χ4v) is 4.49. The summed E-state index contributed by atoms with van der Waals surface area (Å²) in [6.07, 6.45) is 5.15. The van der Waals surface area contributed by atoms with E-state index in [1.807, 2.05) is 18.2 Å². The number of hydrogen-bond acceptors (Lipinski definition) is 4. The molecule has 0 saturated carbocycles. The summed E-state index contributed by atoms with van der Waals surface area (Å²) in [5, 5.41) is 2.86. The summed E-state index contributed by atoms with van der Waals surface area (Å²) >= 11 is 0. The molecule has 1 aromatic heterocycles. The van der Waals surface area contributed by atoms with E-state index in [0.29, 0.717) is 25.2 Å². The molecule has 138 valence electrons. The molecule has 7 heteroatoms. The van der Waals surface area contributed by atoms with Crippen LogP contribution in [0.5, 0.6) is 0 Å². The molecule has 3 rings (SSSR count). The second kappa shape index (κ2) is 8.42. The Labute approximate surface area is 154 Å². The van der Waals surface area contributed by atoms with Crippen molar-refractivity contribution >= 4 is 15.9 Å². The monoisotopic (exact) mass is 373 g/mol. The number of aryl methyl sites for hydroxylation is 1. The van der Waals surface area contributed by atoms with Crippen LogP contribution < -0.4 is 5.32 Å². The topological polar surface area (TPSA) is 79.4 Å². The highest BCUT2D eigenvalue weighted by atomic mass is 32.2. The zero-order valence-electron chi connectivity index (χ0n) is 14.6. The Morgan fingerprint density at radius 1 is 1.08 bits per heavy atom. The van der Waals surface area contributed by atoms with Gasteiger partial charge < -0.3 is 5.32 Å². The summed E-state index contributed by atoms with van der Waals surface area (Å²) in [6.45, 7) is 1.69. The second-order valence-electron chi connectivity index (χ2n) is 6.32. The van der Waals surface area contributed by atoms with E-state index in [2.05, 4.69) is 10.3 Å². The number of rotatable bonds is 7. The maximum absolute atomic E-state index is 12.5. The highest BCUT2D eigenvalue weighted by molar-refractivity contribution is 7.89. The Morgan fingerprint density at radius 2 is 1.81 bits per heavy atom. The molecule has 0 spiro atoms. The molecule has 0 bridgehead atoms. The Hall–Kier alpha value is -2.25. The van der Waals surface area contributed by atoms with Crippen molar-refractivity contribution in [3.8, 4) is 0 Å². The number of carbonyl (C=O) groups excluding carboxylic acids is 1. The molecule has 1 aliphatic heterocycles. The fraction of sp³-hybridized carbons (Fsp3) is 0.368. The summed E-state index contributed by atoms with van der Waals surface area (Å²) in [5.74, 6) is -0.198. The number of nitrogens with zero attached hydrogens (tertiary/aromatic N) is 2. The standard InChI is InChI=1S/C19H23N3O3S/c23-19(21-13-5-7-17-6-1-2-12-20-17)16-8-10-18(11-9-16)26(24,25)22-14-3-4-15-22/h1-2,6,8-12H,3-5,7,13-15H2,(H,21,23). The number of aromatic nitrogens is 1. The second-order valence-corrected chi connectivity index (χ2v) is 8.25. The molecule has 0 unspecified atom stereocenters. The van der Waals surface area contributed by atoms with Gasteiger partial charge >= 0.3 is 0 Å². The highest BCUT2D eigenvalue weighted by Gasteiger charge is 2.27. The van der Waals surface area contributed by atoms with E-state index in [4.69, 9.17) is 0 Å². The summed E-state index contributed by atoms with van der Waals surface area (Å²) in [7, 11) is -3.44. The smallest absolute Gasteiger partial charge is 0.251 e. The number of nitrogens with one attached hydrogen (secondary N) is 1. The minimum Gasteiger partial charge on any atom is -0.352 e. The van der Waals surface area contributed by atoms with Crippen LogP contribution in [0.1, 0.15) is 35.3 Å². The van der Waals surface area contributed by atoms with Crippen molar-refractivity contribution < 1.29 is 13.2 Å². The molecule has 26 heavy (non-hydrogen) atoms. The minimum atomic E-state index is -3.44. The van der Waals surface area contributed by atoms with Gasteiger partial charge in [-0.15, -0.1) is 0 Å². The molecule has 1 fully saturated rings. The Balaban J connectivity index is 1.52. The van der Waals surface area contributed by atoms with Crippen molar-refractivity contribution in [2.75, 3.05) is 19.6 Å². The van der Waals surface area contributed by atoms with Crippen molar-refractivity contribution in [2.24, 2.45) is 0 Å². The molecule has 1 saturated heterocycles. The summed E-state index contributed by atoms with van der Waals surface area (Å²) < 4.78 is 26.5. The molecule has 6 nitrogen and oxygen atoms in total. The first-order chi connectivity index (χ1) is 12.6. The van der Waals surface area contributed by atoms with Crippen LogP contribution in [0.3, 0.4) is 0 Å². The molecule has 0 aliphatic carbocycles. The molecule has 1 amide bonds. The van der Waals surface area contributed by atoms with Gasteiger partial charge in [-0.2, -0.15) is 4.31 Å². The number of pyridine rings is 1. The Kier molecular flexibility index (Phi) is 6.00. The van der Waals surface area contributed by atoms with Crippen LogP contribution in [0.25, 0.3) is 0 Å². The van der Waals surface area contributed by atoms with Crippen molar-refractivity contribution in [1.29, 1.82) is 0 Å². The summed E-state index contributed by atoms with van der Waals surface area (Å²) in [5.41, 5.74) is 1.46. The molecule has 2 aromatic rings. The lowest BCUT2D eigenvalue weighted by Crippen LogP contribution is -2.28. The highest BCUT2D eigenvalue weighted by Crippen LogP contribution is 2.21. The number of hydrogen-bond donors (Lipinski definition) is 1. The van der Waals surface area contributed by atoms with Gasteiger partial charge in [-0.1, -0.05) is 6.07 Å². The normalized spacial score (nSPS) is 15.1. The fourth-order valence-electron chi connectivity index (χ4n) is 2.98. The van der Waals surface area contributed by atoms with E-state index in [-0.39, 0.29) is 10.8 Å². The van der Waals surface area contributed by atoms with Gasteiger partial charge in [-0.3, -0.25) is 9.78 Å². The van der Waals surface area contributed by atoms with E-state index in [1.54, 1.807) is 18.3 Å². The van der Waals surface area contributed by atoms with Gasteiger partial charge in [0, 0.05) is 37.1 Å². The average Bonchev–Trinajstić information content (AvgIpc) is 3.22. The molecule has 1 aromatic carbocycles. The van der Waals surface area contributed by atoms with E-state index >= 15 is 0 Å². The van der Waals surface area contributed by atoms with Gasteiger partial charge in [0.2, 0.25) is 10.0 Å².